The summed E-state index contributed by atoms with van der Waals surface area (Å²) in [5, 5.41) is 11.0. The molecule has 0 saturated carbocycles. The van der Waals surface area contributed by atoms with Crippen LogP contribution in [0.15, 0.2) is 46.1 Å². The van der Waals surface area contributed by atoms with E-state index in [9.17, 15) is 0 Å². The molecule has 0 bridgehead atoms. The number of para-hydroxylation sites is 1. The van der Waals surface area contributed by atoms with Gasteiger partial charge in [-0.3, -0.25) is 9.67 Å². The largest absolute Gasteiger partial charge is 0.488 e. The summed E-state index contributed by atoms with van der Waals surface area (Å²) < 4.78 is 8.73. The van der Waals surface area contributed by atoms with Crippen LogP contribution in [0.3, 0.4) is 0 Å². The molecule has 0 amide bonds. The van der Waals surface area contributed by atoms with Crippen LogP contribution in [0.1, 0.15) is 18.5 Å². The Kier molecular flexibility index (Phi) is 10.8. The van der Waals surface area contributed by atoms with E-state index in [1.165, 1.54) is 0 Å². The van der Waals surface area contributed by atoms with Crippen molar-refractivity contribution in [2.24, 2.45) is 12.0 Å². The number of hydrogen-bond donors (Lipinski definition) is 2. The van der Waals surface area contributed by atoms with Gasteiger partial charge in [-0.15, -0.1) is 24.0 Å². The fraction of sp³-hybridized carbons (Fsp3) is 0.474. The molecule has 1 aromatic heterocycles. The van der Waals surface area contributed by atoms with Crippen LogP contribution in [-0.2, 0) is 7.05 Å². The molecule has 0 aliphatic rings. The van der Waals surface area contributed by atoms with Crippen molar-refractivity contribution in [2.45, 2.75) is 19.1 Å². The SMILES string of the molecule is CN=C(NCC(C)Oc1ccccc1Br)NCC(c1cnn(C)c1)N(C)C.I. The second-order valence-electron chi connectivity index (χ2n) is 6.62. The predicted octanol–water partition coefficient (Wildman–Crippen LogP) is 3.04. The molecule has 7 nitrogen and oxygen atoms in total. The first-order chi connectivity index (χ1) is 12.9. The Hall–Kier alpha value is -1.33. The molecule has 9 heteroatoms. The molecule has 1 aromatic carbocycles. The molecule has 2 unspecified atom stereocenters. The van der Waals surface area contributed by atoms with Crippen molar-refractivity contribution < 1.29 is 4.74 Å². The minimum absolute atomic E-state index is 0. The van der Waals surface area contributed by atoms with Gasteiger partial charge < -0.3 is 20.3 Å². The molecule has 2 N–H and O–H groups in total. The second-order valence-corrected chi connectivity index (χ2v) is 7.47. The van der Waals surface area contributed by atoms with Gasteiger partial charge in [0.25, 0.3) is 0 Å². The fourth-order valence-corrected chi connectivity index (χ4v) is 3.04. The normalized spacial score (nSPS) is 13.6. The third-order valence-electron chi connectivity index (χ3n) is 4.14. The summed E-state index contributed by atoms with van der Waals surface area (Å²) in [5.41, 5.74) is 1.16. The summed E-state index contributed by atoms with van der Waals surface area (Å²) >= 11 is 3.50. The molecule has 2 rings (SSSR count). The van der Waals surface area contributed by atoms with Crippen LogP contribution in [0.5, 0.6) is 5.75 Å². The van der Waals surface area contributed by atoms with E-state index in [0.717, 1.165) is 28.3 Å². The van der Waals surface area contributed by atoms with Gasteiger partial charge in [-0.05, 0) is 49.1 Å². The number of nitrogens with zero attached hydrogens (tertiary/aromatic N) is 4. The van der Waals surface area contributed by atoms with Crippen LogP contribution in [0.2, 0.25) is 0 Å². The maximum atomic E-state index is 5.96. The molecule has 156 valence electrons. The lowest BCUT2D eigenvalue weighted by molar-refractivity contribution is 0.222. The lowest BCUT2D eigenvalue weighted by Gasteiger charge is -2.25. The highest BCUT2D eigenvalue weighted by Crippen LogP contribution is 2.24. The number of aromatic nitrogens is 2. The highest BCUT2D eigenvalue weighted by molar-refractivity contribution is 14.0. The Labute approximate surface area is 193 Å². The fourth-order valence-electron chi connectivity index (χ4n) is 2.66. The van der Waals surface area contributed by atoms with Crippen LogP contribution in [0, 0.1) is 0 Å². The molecule has 28 heavy (non-hydrogen) atoms. The Bertz CT molecular complexity index is 752. The highest BCUT2D eigenvalue weighted by Gasteiger charge is 2.16. The van der Waals surface area contributed by atoms with Gasteiger partial charge in [0.05, 0.1) is 23.3 Å². The first-order valence-electron chi connectivity index (χ1n) is 8.91. The molecule has 2 aromatic rings. The number of likely N-dealkylation sites (N-methyl/N-ethyl adjacent to an activating group) is 1. The Morgan fingerprint density at radius 3 is 2.54 bits per heavy atom. The van der Waals surface area contributed by atoms with Crippen molar-refractivity contribution in [1.29, 1.82) is 0 Å². The van der Waals surface area contributed by atoms with Gasteiger partial charge in [0, 0.05) is 32.4 Å². The zero-order valence-corrected chi connectivity index (χ0v) is 20.9. The van der Waals surface area contributed by atoms with Crippen LogP contribution >= 0.6 is 39.9 Å². The van der Waals surface area contributed by atoms with Crippen molar-refractivity contribution >= 4 is 45.9 Å². The molecule has 0 spiro atoms. The lowest BCUT2D eigenvalue weighted by atomic mass is 10.1. The maximum absolute atomic E-state index is 5.96. The number of rotatable bonds is 8. The Morgan fingerprint density at radius 1 is 1.29 bits per heavy atom. The molecular formula is C19H30BrIN6O. The Morgan fingerprint density at radius 2 is 1.96 bits per heavy atom. The van der Waals surface area contributed by atoms with E-state index in [1.54, 1.807) is 7.05 Å². The molecule has 0 fully saturated rings. The van der Waals surface area contributed by atoms with E-state index in [1.807, 2.05) is 55.3 Å². The molecule has 0 radical (unpaired) electrons. The standard InChI is InChI=1S/C19H29BrN6O.HI/c1-14(27-18-9-7-6-8-16(18)20)10-22-19(21-2)23-12-17(25(3)4)15-11-24-26(5)13-15;/h6-9,11,13-14,17H,10,12H2,1-5H3,(H2,21,22,23);1H. The monoisotopic (exact) mass is 564 g/mol. The van der Waals surface area contributed by atoms with Gasteiger partial charge in [-0.2, -0.15) is 5.10 Å². The van der Waals surface area contributed by atoms with E-state index in [2.05, 4.69) is 55.6 Å². The minimum atomic E-state index is -0.00906. The molecule has 0 aliphatic carbocycles. The summed E-state index contributed by atoms with van der Waals surface area (Å²) in [7, 11) is 7.81. The molecule has 1 heterocycles. The molecule has 2 atom stereocenters. The number of aliphatic imine (C=N–C) groups is 1. The molecule has 0 aliphatic heterocycles. The first kappa shape index (κ1) is 24.7. The lowest BCUT2D eigenvalue weighted by Crippen LogP contribution is -2.44. The van der Waals surface area contributed by atoms with Crippen molar-refractivity contribution in [2.75, 3.05) is 34.2 Å². The van der Waals surface area contributed by atoms with E-state index >= 15 is 0 Å². The number of guanidine groups is 1. The highest BCUT2D eigenvalue weighted by atomic mass is 127. The number of nitrogens with one attached hydrogen (secondary N) is 2. The van der Waals surface area contributed by atoms with Crippen molar-refractivity contribution in [3.63, 3.8) is 0 Å². The van der Waals surface area contributed by atoms with Crippen molar-refractivity contribution in [3.05, 3.63) is 46.7 Å². The summed E-state index contributed by atoms with van der Waals surface area (Å²) in [5.74, 6) is 1.58. The second kappa shape index (κ2) is 12.3. The number of hydrogen-bond acceptors (Lipinski definition) is 4. The zero-order chi connectivity index (χ0) is 19.8. The third-order valence-corrected chi connectivity index (χ3v) is 4.80. The number of benzene rings is 1. The van der Waals surface area contributed by atoms with Crippen LogP contribution in [0.4, 0.5) is 0 Å². The van der Waals surface area contributed by atoms with E-state index < -0.39 is 0 Å². The average molecular weight is 565 g/mol. The Balaban J connectivity index is 0.00000392. The van der Waals surface area contributed by atoms with E-state index in [4.69, 9.17) is 4.74 Å². The van der Waals surface area contributed by atoms with Gasteiger partial charge >= 0.3 is 0 Å². The zero-order valence-electron chi connectivity index (χ0n) is 17.0. The van der Waals surface area contributed by atoms with Gasteiger partial charge in [0.2, 0.25) is 0 Å². The van der Waals surface area contributed by atoms with Crippen molar-refractivity contribution in [3.8, 4) is 5.75 Å². The maximum Gasteiger partial charge on any atom is 0.191 e. The first-order valence-corrected chi connectivity index (χ1v) is 9.70. The molecular weight excluding hydrogens is 535 g/mol. The van der Waals surface area contributed by atoms with Crippen LogP contribution in [-0.4, -0.2) is 61.0 Å². The van der Waals surface area contributed by atoms with Gasteiger partial charge in [-0.25, -0.2) is 0 Å². The topological polar surface area (TPSA) is 66.7 Å². The number of ether oxygens (including phenoxy) is 1. The van der Waals surface area contributed by atoms with Gasteiger partial charge in [-0.1, -0.05) is 12.1 Å². The smallest absolute Gasteiger partial charge is 0.191 e. The summed E-state index contributed by atoms with van der Waals surface area (Å²) in [6, 6.07) is 8.04. The quantitative estimate of drug-likeness (QED) is 0.293. The van der Waals surface area contributed by atoms with Crippen molar-refractivity contribution in [1.82, 2.24) is 25.3 Å². The predicted molar refractivity (Wildman–Crippen MR) is 129 cm³/mol. The van der Waals surface area contributed by atoms with Crippen LogP contribution < -0.4 is 15.4 Å². The van der Waals surface area contributed by atoms with E-state index in [-0.39, 0.29) is 36.1 Å². The number of aryl methyl sites for hydroxylation is 1. The summed E-state index contributed by atoms with van der Waals surface area (Å²) in [4.78, 5) is 6.47. The van der Waals surface area contributed by atoms with Crippen LogP contribution in [0.25, 0.3) is 0 Å². The number of halogens is 2. The van der Waals surface area contributed by atoms with E-state index in [0.29, 0.717) is 6.54 Å². The average Bonchev–Trinajstić information content (AvgIpc) is 3.05. The summed E-state index contributed by atoms with van der Waals surface area (Å²) in [6.45, 7) is 3.39. The minimum Gasteiger partial charge on any atom is -0.488 e. The van der Waals surface area contributed by atoms with Gasteiger partial charge in [0.1, 0.15) is 11.9 Å². The third kappa shape index (κ3) is 7.59. The summed E-state index contributed by atoms with van der Waals surface area (Å²) in [6.07, 6.45) is 3.93. The molecule has 0 saturated heterocycles. The van der Waals surface area contributed by atoms with Gasteiger partial charge in [0.15, 0.2) is 5.96 Å².